The fourth-order valence-corrected chi connectivity index (χ4v) is 1.39. The fraction of sp³-hybridized carbons (Fsp3) is 0.231. The molecule has 1 radical (unpaired) electrons. The Labute approximate surface area is 84.3 Å². The van der Waals surface area contributed by atoms with E-state index in [0.29, 0.717) is 0 Å². The summed E-state index contributed by atoms with van der Waals surface area (Å²) in [5, 5.41) is 2.32. The van der Waals surface area contributed by atoms with Crippen molar-refractivity contribution in [3.8, 4) is 5.75 Å². The molecule has 0 bridgehead atoms. The lowest BCUT2D eigenvalue weighted by atomic mass is 10.1. The molecule has 14 heavy (non-hydrogen) atoms. The van der Waals surface area contributed by atoms with Crippen LogP contribution < -0.4 is 4.74 Å². The third-order valence-electron chi connectivity index (χ3n) is 2.09. The van der Waals surface area contributed by atoms with E-state index in [1.165, 1.54) is 5.39 Å². The van der Waals surface area contributed by atoms with Crippen molar-refractivity contribution >= 4 is 10.8 Å². The molecule has 0 saturated carbocycles. The predicted octanol–water partition coefficient (Wildman–Crippen LogP) is 3.43. The molecular formula is C13H13O. The lowest BCUT2D eigenvalue weighted by molar-refractivity contribution is 0.317. The van der Waals surface area contributed by atoms with Gasteiger partial charge in [0.15, 0.2) is 0 Å². The molecule has 0 aromatic heterocycles. The van der Waals surface area contributed by atoms with Gasteiger partial charge in [0.05, 0.1) is 6.61 Å². The van der Waals surface area contributed by atoms with Crippen LogP contribution in [0.2, 0.25) is 0 Å². The van der Waals surface area contributed by atoms with Gasteiger partial charge in [0.25, 0.3) is 0 Å². The van der Waals surface area contributed by atoms with Gasteiger partial charge in [0, 0.05) is 6.07 Å². The van der Waals surface area contributed by atoms with Crippen LogP contribution in [0.15, 0.2) is 36.4 Å². The average Bonchev–Trinajstić information content (AvgIpc) is 2.26. The van der Waals surface area contributed by atoms with Crippen molar-refractivity contribution in [2.45, 2.75) is 13.3 Å². The van der Waals surface area contributed by atoms with Crippen molar-refractivity contribution in [3.05, 3.63) is 42.5 Å². The smallest absolute Gasteiger partial charge is 0.127 e. The normalized spacial score (nSPS) is 10.4. The maximum Gasteiger partial charge on any atom is 0.127 e. The minimum atomic E-state index is 0.759. The number of rotatable bonds is 3. The van der Waals surface area contributed by atoms with E-state index in [4.69, 9.17) is 4.74 Å². The first-order valence-electron chi connectivity index (χ1n) is 4.94. The first-order valence-corrected chi connectivity index (χ1v) is 4.94. The topological polar surface area (TPSA) is 9.23 Å². The quantitative estimate of drug-likeness (QED) is 0.711. The summed E-state index contributed by atoms with van der Waals surface area (Å²) in [6.07, 6.45) is 1.03. The second kappa shape index (κ2) is 4.14. The molecule has 0 unspecified atom stereocenters. The molecule has 0 amide bonds. The van der Waals surface area contributed by atoms with Crippen molar-refractivity contribution in [1.29, 1.82) is 0 Å². The molecular weight excluding hydrogens is 172 g/mol. The first-order chi connectivity index (χ1) is 6.90. The summed E-state index contributed by atoms with van der Waals surface area (Å²) < 4.78 is 5.51. The highest BCUT2D eigenvalue weighted by Gasteiger charge is 1.96. The molecule has 0 aliphatic heterocycles. The van der Waals surface area contributed by atoms with Crippen LogP contribution in [0.1, 0.15) is 13.3 Å². The van der Waals surface area contributed by atoms with Crippen molar-refractivity contribution in [3.63, 3.8) is 0 Å². The molecule has 2 aromatic carbocycles. The molecule has 1 heteroatoms. The van der Waals surface area contributed by atoms with E-state index in [2.05, 4.69) is 25.1 Å². The molecule has 0 spiro atoms. The SMILES string of the molecule is CCCOc1[c]c2ccccc2cc1. The van der Waals surface area contributed by atoms with Crippen LogP contribution in [0.25, 0.3) is 10.8 Å². The number of ether oxygens (including phenoxy) is 1. The third kappa shape index (κ3) is 1.87. The zero-order valence-corrected chi connectivity index (χ0v) is 8.29. The number of hydrogen-bond acceptors (Lipinski definition) is 1. The fourth-order valence-electron chi connectivity index (χ4n) is 1.39. The summed E-state index contributed by atoms with van der Waals surface area (Å²) in [6.45, 7) is 2.86. The minimum absolute atomic E-state index is 0.759. The van der Waals surface area contributed by atoms with Gasteiger partial charge in [-0.25, -0.2) is 0 Å². The molecule has 0 N–H and O–H groups in total. The first kappa shape index (κ1) is 9.07. The van der Waals surface area contributed by atoms with E-state index < -0.39 is 0 Å². The van der Waals surface area contributed by atoms with E-state index in [9.17, 15) is 0 Å². The maximum absolute atomic E-state index is 5.51. The lowest BCUT2D eigenvalue weighted by Crippen LogP contribution is -1.94. The second-order valence-electron chi connectivity index (χ2n) is 3.26. The Hall–Kier alpha value is -1.50. The van der Waals surface area contributed by atoms with Crippen LogP contribution >= 0.6 is 0 Å². The van der Waals surface area contributed by atoms with Crippen molar-refractivity contribution in [2.24, 2.45) is 0 Å². The zero-order valence-electron chi connectivity index (χ0n) is 8.29. The Morgan fingerprint density at radius 3 is 2.86 bits per heavy atom. The Morgan fingerprint density at radius 2 is 2.00 bits per heavy atom. The highest BCUT2D eigenvalue weighted by Crippen LogP contribution is 2.19. The molecule has 0 aliphatic rings. The van der Waals surface area contributed by atoms with E-state index in [1.54, 1.807) is 0 Å². The van der Waals surface area contributed by atoms with Gasteiger partial charge >= 0.3 is 0 Å². The summed E-state index contributed by atoms with van der Waals surface area (Å²) >= 11 is 0. The molecule has 2 rings (SSSR count). The molecule has 0 heterocycles. The van der Waals surface area contributed by atoms with Crippen LogP contribution in [0.3, 0.4) is 0 Å². The van der Waals surface area contributed by atoms with Gasteiger partial charge in [0.2, 0.25) is 0 Å². The van der Waals surface area contributed by atoms with Crippen LogP contribution in [0.5, 0.6) is 5.75 Å². The summed E-state index contributed by atoms with van der Waals surface area (Å²) in [7, 11) is 0. The number of benzene rings is 2. The van der Waals surface area contributed by atoms with Crippen LogP contribution in [0.4, 0.5) is 0 Å². The molecule has 0 aliphatic carbocycles. The van der Waals surface area contributed by atoms with Crippen LogP contribution in [0, 0.1) is 6.07 Å². The zero-order chi connectivity index (χ0) is 9.80. The second-order valence-corrected chi connectivity index (χ2v) is 3.26. The third-order valence-corrected chi connectivity index (χ3v) is 2.09. The van der Waals surface area contributed by atoms with Gasteiger partial charge in [-0.2, -0.15) is 0 Å². The molecule has 2 aromatic rings. The van der Waals surface area contributed by atoms with Crippen molar-refractivity contribution < 1.29 is 4.74 Å². The highest BCUT2D eigenvalue weighted by molar-refractivity contribution is 5.82. The summed E-state index contributed by atoms with van der Waals surface area (Å²) in [4.78, 5) is 0. The van der Waals surface area contributed by atoms with Crippen LogP contribution in [-0.2, 0) is 0 Å². The van der Waals surface area contributed by atoms with E-state index in [1.807, 2.05) is 24.3 Å². The lowest BCUT2D eigenvalue weighted by Gasteiger charge is -2.04. The van der Waals surface area contributed by atoms with E-state index >= 15 is 0 Å². The van der Waals surface area contributed by atoms with Gasteiger partial charge in [-0.3, -0.25) is 0 Å². The minimum Gasteiger partial charge on any atom is -0.493 e. The molecule has 0 fully saturated rings. The maximum atomic E-state index is 5.51. The standard InChI is InChI=1S/C13H13O/c1-2-9-14-13-8-7-11-5-3-4-6-12(11)10-13/h3-8H,2,9H2,1H3. The Bertz CT molecular complexity index is 420. The van der Waals surface area contributed by atoms with Gasteiger partial charge in [-0.15, -0.1) is 0 Å². The van der Waals surface area contributed by atoms with Gasteiger partial charge < -0.3 is 4.74 Å². The number of fused-ring (bicyclic) bond motifs is 1. The summed E-state index contributed by atoms with van der Waals surface area (Å²) in [5.74, 6) is 0.838. The van der Waals surface area contributed by atoms with Gasteiger partial charge in [-0.05, 0) is 23.3 Å². The van der Waals surface area contributed by atoms with E-state index in [0.717, 1.165) is 24.2 Å². The monoisotopic (exact) mass is 185 g/mol. The number of hydrogen-bond donors (Lipinski definition) is 0. The molecule has 0 saturated heterocycles. The van der Waals surface area contributed by atoms with Gasteiger partial charge in [0.1, 0.15) is 5.75 Å². The Kier molecular flexibility index (Phi) is 2.68. The average molecular weight is 185 g/mol. The highest BCUT2D eigenvalue weighted by atomic mass is 16.5. The summed E-state index contributed by atoms with van der Waals surface area (Å²) in [5.41, 5.74) is 0. The van der Waals surface area contributed by atoms with Gasteiger partial charge in [-0.1, -0.05) is 37.3 Å². The largest absolute Gasteiger partial charge is 0.493 e. The van der Waals surface area contributed by atoms with E-state index in [-0.39, 0.29) is 0 Å². The van der Waals surface area contributed by atoms with Crippen molar-refractivity contribution in [2.75, 3.05) is 6.61 Å². The molecule has 0 atom stereocenters. The Morgan fingerprint density at radius 1 is 1.14 bits per heavy atom. The van der Waals surface area contributed by atoms with Crippen molar-refractivity contribution in [1.82, 2.24) is 0 Å². The Balaban J connectivity index is 2.32. The predicted molar refractivity (Wildman–Crippen MR) is 58.6 cm³/mol. The molecule has 71 valence electrons. The van der Waals surface area contributed by atoms with Crippen LogP contribution in [-0.4, -0.2) is 6.61 Å². The molecule has 1 nitrogen and oxygen atoms in total. The summed E-state index contributed by atoms with van der Waals surface area (Å²) in [6, 6.07) is 15.5.